The van der Waals surface area contributed by atoms with E-state index in [1.165, 1.54) is 6.07 Å². The van der Waals surface area contributed by atoms with Crippen LogP contribution in [-0.4, -0.2) is 21.2 Å². The number of aliphatic hydroxyl groups excluding tert-OH is 1. The average molecular weight is 191 g/mol. The van der Waals surface area contributed by atoms with Crippen molar-refractivity contribution in [1.29, 1.82) is 0 Å². The molecule has 0 aliphatic rings. The number of hydrogen-bond donors (Lipinski definition) is 3. The molecule has 0 spiro atoms. The second-order valence-corrected chi connectivity index (χ2v) is 3.04. The minimum atomic E-state index is -0.952. The van der Waals surface area contributed by atoms with Crippen LogP contribution in [-0.2, 0) is 6.61 Å². The van der Waals surface area contributed by atoms with Gasteiger partial charge in [0, 0.05) is 22.7 Å². The zero-order valence-corrected chi connectivity index (χ0v) is 7.32. The first-order chi connectivity index (χ1) is 6.72. The Hall–Kier alpha value is -1.81. The Morgan fingerprint density at radius 2 is 2.21 bits per heavy atom. The lowest BCUT2D eigenvalue weighted by Gasteiger charge is -1.95. The summed E-state index contributed by atoms with van der Waals surface area (Å²) in [6.45, 7) is -0.0492. The first kappa shape index (κ1) is 8.77. The Morgan fingerprint density at radius 3 is 2.86 bits per heavy atom. The molecule has 14 heavy (non-hydrogen) atoms. The van der Waals surface area contributed by atoms with Crippen LogP contribution >= 0.6 is 0 Å². The predicted octanol–water partition coefficient (Wildman–Crippen LogP) is 1.36. The van der Waals surface area contributed by atoms with Crippen molar-refractivity contribution in [3.63, 3.8) is 0 Å². The topological polar surface area (TPSA) is 73.3 Å². The van der Waals surface area contributed by atoms with Gasteiger partial charge in [-0.3, -0.25) is 0 Å². The van der Waals surface area contributed by atoms with Gasteiger partial charge in [0.05, 0.1) is 12.2 Å². The fraction of sp³-hybridized carbons (Fsp3) is 0.100. The third-order valence-electron chi connectivity index (χ3n) is 2.18. The molecule has 1 aromatic carbocycles. The van der Waals surface area contributed by atoms with E-state index in [9.17, 15) is 4.79 Å². The van der Waals surface area contributed by atoms with Gasteiger partial charge in [0.1, 0.15) is 0 Å². The smallest absolute Gasteiger partial charge is 0.335 e. The van der Waals surface area contributed by atoms with Gasteiger partial charge in [0.15, 0.2) is 0 Å². The van der Waals surface area contributed by atoms with Crippen molar-refractivity contribution < 1.29 is 15.0 Å². The van der Waals surface area contributed by atoms with Gasteiger partial charge in [0.2, 0.25) is 0 Å². The highest BCUT2D eigenvalue weighted by Crippen LogP contribution is 2.19. The van der Waals surface area contributed by atoms with Crippen LogP contribution in [0.5, 0.6) is 0 Å². The molecular formula is C10H9NO3. The van der Waals surface area contributed by atoms with Gasteiger partial charge in [0.25, 0.3) is 0 Å². The Morgan fingerprint density at radius 1 is 1.43 bits per heavy atom. The molecule has 0 amide bonds. The van der Waals surface area contributed by atoms with E-state index < -0.39 is 5.97 Å². The van der Waals surface area contributed by atoms with E-state index in [0.29, 0.717) is 0 Å². The summed E-state index contributed by atoms with van der Waals surface area (Å²) in [4.78, 5) is 13.6. The third kappa shape index (κ3) is 1.25. The standard InChI is InChI=1S/C10H9NO3/c12-5-7-4-11-9-3-6(10(13)14)1-2-8(7)9/h1-4,11-12H,5H2,(H,13,14). The molecule has 0 unspecified atom stereocenters. The van der Waals surface area contributed by atoms with E-state index in [4.69, 9.17) is 10.2 Å². The molecule has 0 atom stereocenters. The molecule has 3 N–H and O–H groups in total. The molecule has 1 heterocycles. The minimum Gasteiger partial charge on any atom is -0.478 e. The molecule has 0 saturated heterocycles. The highest BCUT2D eigenvalue weighted by atomic mass is 16.4. The molecule has 72 valence electrons. The Kier molecular flexibility index (Phi) is 1.98. The highest BCUT2D eigenvalue weighted by molar-refractivity contribution is 5.94. The molecule has 0 bridgehead atoms. The average Bonchev–Trinajstić information content (AvgIpc) is 2.59. The quantitative estimate of drug-likeness (QED) is 0.671. The van der Waals surface area contributed by atoms with Crippen molar-refractivity contribution in [2.75, 3.05) is 0 Å². The molecule has 4 heteroatoms. The van der Waals surface area contributed by atoms with Crippen LogP contribution in [0.2, 0.25) is 0 Å². The summed E-state index contributed by atoms with van der Waals surface area (Å²) in [6, 6.07) is 4.77. The molecule has 0 radical (unpaired) electrons. The van der Waals surface area contributed by atoms with E-state index in [1.54, 1.807) is 18.3 Å². The first-order valence-corrected chi connectivity index (χ1v) is 4.16. The molecule has 0 aliphatic heterocycles. The molecule has 2 aromatic rings. The van der Waals surface area contributed by atoms with Gasteiger partial charge in [-0.2, -0.15) is 0 Å². The lowest BCUT2D eigenvalue weighted by Crippen LogP contribution is -1.94. The number of nitrogens with one attached hydrogen (secondary N) is 1. The van der Waals surface area contributed by atoms with Crippen LogP contribution in [0.1, 0.15) is 15.9 Å². The zero-order valence-electron chi connectivity index (χ0n) is 7.32. The van der Waals surface area contributed by atoms with Crippen molar-refractivity contribution >= 4 is 16.9 Å². The number of fused-ring (bicyclic) bond motifs is 1. The molecule has 0 fully saturated rings. The number of carboxylic acid groups (broad SMARTS) is 1. The van der Waals surface area contributed by atoms with Crippen molar-refractivity contribution in [2.24, 2.45) is 0 Å². The van der Waals surface area contributed by atoms with Gasteiger partial charge in [-0.15, -0.1) is 0 Å². The van der Waals surface area contributed by atoms with Crippen LogP contribution in [0.3, 0.4) is 0 Å². The van der Waals surface area contributed by atoms with Crippen molar-refractivity contribution in [2.45, 2.75) is 6.61 Å². The Labute approximate surface area is 79.8 Å². The van der Waals surface area contributed by atoms with E-state index in [1.807, 2.05) is 0 Å². The van der Waals surface area contributed by atoms with E-state index in [0.717, 1.165) is 16.5 Å². The summed E-state index contributed by atoms with van der Waals surface area (Å²) in [7, 11) is 0. The SMILES string of the molecule is O=C(O)c1ccc2c(CO)c[nH]c2c1. The van der Waals surface area contributed by atoms with Crippen molar-refractivity contribution in [3.05, 3.63) is 35.5 Å². The number of rotatable bonds is 2. The normalized spacial score (nSPS) is 10.6. The molecule has 4 nitrogen and oxygen atoms in total. The second-order valence-electron chi connectivity index (χ2n) is 3.04. The van der Waals surface area contributed by atoms with Crippen LogP contribution in [0.15, 0.2) is 24.4 Å². The third-order valence-corrected chi connectivity index (χ3v) is 2.18. The number of carboxylic acids is 1. The number of aromatic nitrogens is 1. The molecule has 0 saturated carbocycles. The number of H-pyrrole nitrogens is 1. The van der Waals surface area contributed by atoms with Crippen molar-refractivity contribution in [3.8, 4) is 0 Å². The maximum Gasteiger partial charge on any atom is 0.335 e. The maximum absolute atomic E-state index is 10.7. The number of aliphatic hydroxyl groups is 1. The largest absolute Gasteiger partial charge is 0.478 e. The molecule has 0 aliphatic carbocycles. The Bertz CT molecular complexity index is 487. The van der Waals surface area contributed by atoms with Gasteiger partial charge in [-0.25, -0.2) is 4.79 Å². The summed E-state index contributed by atoms with van der Waals surface area (Å²) in [5.41, 5.74) is 1.75. The lowest BCUT2D eigenvalue weighted by molar-refractivity contribution is 0.0697. The predicted molar refractivity (Wildman–Crippen MR) is 51.2 cm³/mol. The van der Waals surface area contributed by atoms with Crippen LogP contribution < -0.4 is 0 Å². The van der Waals surface area contributed by atoms with Gasteiger partial charge in [-0.1, -0.05) is 6.07 Å². The number of aromatic carboxylic acids is 1. The number of hydrogen-bond acceptors (Lipinski definition) is 2. The first-order valence-electron chi connectivity index (χ1n) is 4.16. The maximum atomic E-state index is 10.7. The van der Waals surface area contributed by atoms with Gasteiger partial charge >= 0.3 is 5.97 Å². The number of carbonyl (C=O) groups is 1. The summed E-state index contributed by atoms with van der Waals surface area (Å²) in [5.74, 6) is -0.952. The zero-order chi connectivity index (χ0) is 10.1. The van der Waals surface area contributed by atoms with E-state index in [-0.39, 0.29) is 12.2 Å². The molecular weight excluding hydrogens is 182 g/mol. The van der Waals surface area contributed by atoms with E-state index >= 15 is 0 Å². The second kappa shape index (κ2) is 3.16. The van der Waals surface area contributed by atoms with Crippen LogP contribution in [0.4, 0.5) is 0 Å². The Balaban J connectivity index is 2.63. The number of benzene rings is 1. The fourth-order valence-corrected chi connectivity index (χ4v) is 1.45. The summed E-state index contributed by atoms with van der Waals surface area (Å²) in [6.07, 6.45) is 1.68. The van der Waals surface area contributed by atoms with Crippen LogP contribution in [0.25, 0.3) is 10.9 Å². The lowest BCUT2D eigenvalue weighted by atomic mass is 10.1. The van der Waals surface area contributed by atoms with Gasteiger partial charge in [-0.05, 0) is 12.1 Å². The number of aromatic amines is 1. The molecule has 2 rings (SSSR count). The summed E-state index contributed by atoms with van der Waals surface area (Å²) >= 11 is 0. The summed E-state index contributed by atoms with van der Waals surface area (Å²) < 4.78 is 0. The van der Waals surface area contributed by atoms with E-state index in [2.05, 4.69) is 4.98 Å². The molecule has 1 aromatic heterocycles. The van der Waals surface area contributed by atoms with Crippen molar-refractivity contribution in [1.82, 2.24) is 4.98 Å². The monoisotopic (exact) mass is 191 g/mol. The highest BCUT2D eigenvalue weighted by Gasteiger charge is 2.06. The van der Waals surface area contributed by atoms with Gasteiger partial charge < -0.3 is 15.2 Å². The summed E-state index contributed by atoms with van der Waals surface area (Å²) in [5, 5.41) is 18.6. The minimum absolute atomic E-state index is 0.0492. The van der Waals surface area contributed by atoms with Crippen LogP contribution in [0, 0.1) is 0 Å². The fourth-order valence-electron chi connectivity index (χ4n) is 1.45.